The lowest BCUT2D eigenvalue weighted by molar-refractivity contribution is -0.127. The first-order valence-corrected chi connectivity index (χ1v) is 9.56. The van der Waals surface area contributed by atoms with Crippen molar-refractivity contribution in [3.8, 4) is 0 Å². The highest BCUT2D eigenvalue weighted by molar-refractivity contribution is 6.03. The van der Waals surface area contributed by atoms with Gasteiger partial charge in [-0.2, -0.15) is 0 Å². The van der Waals surface area contributed by atoms with Crippen LogP contribution in [0.2, 0.25) is 0 Å². The van der Waals surface area contributed by atoms with Gasteiger partial charge in [0.2, 0.25) is 0 Å². The van der Waals surface area contributed by atoms with Crippen molar-refractivity contribution in [2.24, 2.45) is 4.99 Å². The maximum atomic E-state index is 12.5. The first kappa shape index (κ1) is 18.5. The Balaban J connectivity index is 1.52. The average molecular weight is 386 g/mol. The molecule has 2 fully saturated rings. The van der Waals surface area contributed by atoms with Gasteiger partial charge in [0.15, 0.2) is 18.2 Å². The van der Waals surface area contributed by atoms with Crippen LogP contribution in [-0.2, 0) is 9.53 Å². The average Bonchev–Trinajstić information content (AvgIpc) is 3.11. The van der Waals surface area contributed by atoms with Crippen molar-refractivity contribution in [3.05, 3.63) is 30.3 Å². The highest BCUT2D eigenvalue weighted by Crippen LogP contribution is 2.26. The second-order valence-corrected chi connectivity index (χ2v) is 7.19. The number of piperazine rings is 1. The first-order valence-electron chi connectivity index (χ1n) is 9.56. The molecule has 1 aromatic rings. The summed E-state index contributed by atoms with van der Waals surface area (Å²) in [4.78, 5) is 37.4. The second-order valence-electron chi connectivity index (χ2n) is 7.19. The molecular weight excluding hydrogens is 360 g/mol. The SMILES string of the molecule is COCCN1C(N2CCN(c3ccccc3)CC2)=NC2C1C(=O)NC(=O)N2C. The minimum Gasteiger partial charge on any atom is -0.383 e. The fourth-order valence-electron chi connectivity index (χ4n) is 4.01. The van der Waals surface area contributed by atoms with Crippen molar-refractivity contribution in [2.75, 3.05) is 58.4 Å². The van der Waals surface area contributed by atoms with E-state index >= 15 is 0 Å². The molecule has 3 aliphatic heterocycles. The predicted octanol–water partition coefficient (Wildman–Crippen LogP) is 0.00290. The van der Waals surface area contributed by atoms with E-state index in [4.69, 9.17) is 9.73 Å². The van der Waals surface area contributed by atoms with E-state index in [2.05, 4.69) is 27.2 Å². The molecule has 9 heteroatoms. The van der Waals surface area contributed by atoms with Crippen LogP contribution in [0.15, 0.2) is 35.3 Å². The number of imide groups is 1. The van der Waals surface area contributed by atoms with Crippen LogP contribution in [-0.4, -0.2) is 98.3 Å². The van der Waals surface area contributed by atoms with Gasteiger partial charge in [-0.05, 0) is 12.1 Å². The van der Waals surface area contributed by atoms with Gasteiger partial charge >= 0.3 is 6.03 Å². The largest absolute Gasteiger partial charge is 0.383 e. The minimum absolute atomic E-state index is 0.300. The molecule has 1 N–H and O–H groups in total. The molecule has 28 heavy (non-hydrogen) atoms. The van der Waals surface area contributed by atoms with Crippen LogP contribution < -0.4 is 10.2 Å². The third-order valence-corrected chi connectivity index (χ3v) is 5.56. The Labute approximate surface area is 164 Å². The van der Waals surface area contributed by atoms with Crippen LogP contribution in [0.3, 0.4) is 0 Å². The van der Waals surface area contributed by atoms with E-state index in [-0.39, 0.29) is 5.91 Å². The number of nitrogens with zero attached hydrogens (tertiary/aromatic N) is 5. The molecule has 3 amide bonds. The minimum atomic E-state index is -0.514. The Morgan fingerprint density at radius 3 is 2.46 bits per heavy atom. The van der Waals surface area contributed by atoms with Crippen LogP contribution in [0.4, 0.5) is 10.5 Å². The van der Waals surface area contributed by atoms with Gasteiger partial charge in [0.1, 0.15) is 0 Å². The van der Waals surface area contributed by atoms with Crippen molar-refractivity contribution >= 4 is 23.6 Å². The van der Waals surface area contributed by atoms with E-state index in [1.165, 1.54) is 10.6 Å². The standard InChI is InChI=1S/C19H26N6O3/c1-22-16-15(17(26)21-19(22)27)25(12-13-28-2)18(20-16)24-10-8-23(9-11-24)14-6-4-3-5-7-14/h3-7,15-16H,8-13H2,1-2H3,(H,21,26,27). The smallest absolute Gasteiger partial charge is 0.325 e. The summed E-state index contributed by atoms with van der Waals surface area (Å²) in [5.41, 5.74) is 1.21. The van der Waals surface area contributed by atoms with Gasteiger partial charge in [-0.25, -0.2) is 9.79 Å². The highest BCUT2D eigenvalue weighted by atomic mass is 16.5. The molecule has 150 valence electrons. The highest BCUT2D eigenvalue weighted by Gasteiger charge is 2.49. The second kappa shape index (κ2) is 7.67. The molecule has 0 saturated carbocycles. The lowest BCUT2D eigenvalue weighted by atomic mass is 10.1. The summed E-state index contributed by atoms with van der Waals surface area (Å²) in [6.45, 7) is 4.38. The Bertz CT molecular complexity index is 762. The molecule has 0 radical (unpaired) electrons. The van der Waals surface area contributed by atoms with Crippen molar-refractivity contribution in [1.82, 2.24) is 20.0 Å². The number of rotatable bonds is 4. The summed E-state index contributed by atoms with van der Waals surface area (Å²) in [5.74, 6) is 0.474. The number of anilines is 1. The quantitative estimate of drug-likeness (QED) is 0.785. The zero-order valence-corrected chi connectivity index (χ0v) is 16.2. The van der Waals surface area contributed by atoms with Crippen molar-refractivity contribution in [2.45, 2.75) is 12.2 Å². The number of fused-ring (bicyclic) bond motifs is 1. The summed E-state index contributed by atoms with van der Waals surface area (Å²) in [6.07, 6.45) is -0.500. The number of ether oxygens (including phenoxy) is 1. The monoisotopic (exact) mass is 386 g/mol. The third-order valence-electron chi connectivity index (χ3n) is 5.56. The fourth-order valence-corrected chi connectivity index (χ4v) is 4.01. The predicted molar refractivity (Wildman–Crippen MR) is 105 cm³/mol. The molecule has 2 unspecified atom stereocenters. The number of para-hydroxylation sites is 1. The molecule has 0 aromatic heterocycles. The summed E-state index contributed by atoms with van der Waals surface area (Å²) in [7, 11) is 3.31. The lowest BCUT2D eigenvalue weighted by Crippen LogP contribution is -2.65. The number of carbonyl (C=O) groups is 2. The summed E-state index contributed by atoms with van der Waals surface area (Å²) in [5, 5.41) is 2.42. The van der Waals surface area contributed by atoms with E-state index < -0.39 is 18.2 Å². The Morgan fingerprint density at radius 1 is 1.11 bits per heavy atom. The number of guanidine groups is 1. The number of nitrogens with one attached hydrogen (secondary N) is 1. The maximum Gasteiger partial charge on any atom is 0.325 e. The van der Waals surface area contributed by atoms with Crippen LogP contribution in [0.1, 0.15) is 0 Å². The summed E-state index contributed by atoms with van der Waals surface area (Å²) in [6, 6.07) is 9.43. The first-order chi connectivity index (χ1) is 13.6. The Morgan fingerprint density at radius 2 is 1.79 bits per heavy atom. The van der Waals surface area contributed by atoms with Crippen molar-refractivity contribution in [3.63, 3.8) is 0 Å². The number of hydrogen-bond donors (Lipinski definition) is 1. The van der Waals surface area contributed by atoms with E-state index in [1.54, 1.807) is 14.2 Å². The number of amides is 3. The number of carbonyl (C=O) groups excluding carboxylic acids is 2. The molecule has 3 heterocycles. The van der Waals surface area contributed by atoms with Crippen LogP contribution in [0.5, 0.6) is 0 Å². The molecule has 3 aliphatic rings. The normalized spacial score (nSPS) is 25.0. The molecule has 1 aromatic carbocycles. The van der Waals surface area contributed by atoms with E-state index in [1.807, 2.05) is 23.1 Å². The van der Waals surface area contributed by atoms with E-state index in [0.29, 0.717) is 13.2 Å². The van der Waals surface area contributed by atoms with Crippen LogP contribution in [0.25, 0.3) is 0 Å². The van der Waals surface area contributed by atoms with Gasteiger partial charge in [-0.15, -0.1) is 0 Å². The van der Waals surface area contributed by atoms with E-state index in [0.717, 1.165) is 32.1 Å². The van der Waals surface area contributed by atoms with Crippen LogP contribution in [0, 0.1) is 0 Å². The molecule has 0 bridgehead atoms. The number of benzene rings is 1. The number of likely N-dealkylation sites (N-methyl/N-ethyl adjacent to an activating group) is 1. The number of hydrogen-bond acceptors (Lipinski definition) is 7. The number of urea groups is 1. The molecule has 2 atom stereocenters. The van der Waals surface area contributed by atoms with Gasteiger partial charge in [0, 0.05) is 52.6 Å². The molecule has 0 aliphatic carbocycles. The summed E-state index contributed by atoms with van der Waals surface area (Å²) >= 11 is 0. The third kappa shape index (κ3) is 3.26. The van der Waals surface area contributed by atoms with Gasteiger partial charge < -0.3 is 24.3 Å². The van der Waals surface area contributed by atoms with Crippen LogP contribution >= 0.6 is 0 Å². The molecule has 4 rings (SSSR count). The zero-order valence-electron chi connectivity index (χ0n) is 16.2. The van der Waals surface area contributed by atoms with Gasteiger partial charge in [0.25, 0.3) is 5.91 Å². The molecule has 2 saturated heterocycles. The number of aliphatic imine (C=N–C) groups is 1. The number of methoxy groups -OCH3 is 1. The Hall–Kier alpha value is -2.81. The van der Waals surface area contributed by atoms with E-state index in [9.17, 15) is 9.59 Å². The van der Waals surface area contributed by atoms with Crippen molar-refractivity contribution < 1.29 is 14.3 Å². The maximum absolute atomic E-state index is 12.5. The zero-order chi connectivity index (χ0) is 19.7. The molecule has 0 spiro atoms. The molecule has 9 nitrogen and oxygen atoms in total. The van der Waals surface area contributed by atoms with Gasteiger partial charge in [-0.1, -0.05) is 18.2 Å². The van der Waals surface area contributed by atoms with Gasteiger partial charge in [0.05, 0.1) is 6.61 Å². The van der Waals surface area contributed by atoms with Gasteiger partial charge in [-0.3, -0.25) is 10.1 Å². The summed E-state index contributed by atoms with van der Waals surface area (Å²) < 4.78 is 5.24. The molecular formula is C19H26N6O3. The topological polar surface area (TPSA) is 80.7 Å². The Kier molecular flexibility index (Phi) is 5.08. The van der Waals surface area contributed by atoms with Crippen molar-refractivity contribution in [1.29, 1.82) is 0 Å². The lowest BCUT2D eigenvalue weighted by Gasteiger charge is -2.41. The fraction of sp³-hybridized carbons (Fsp3) is 0.526.